The van der Waals surface area contributed by atoms with Gasteiger partial charge in [-0.15, -0.1) is 0 Å². The van der Waals surface area contributed by atoms with Crippen LogP contribution in [0.15, 0.2) is 170 Å². The quantitative estimate of drug-likeness (QED) is 0.126. The van der Waals surface area contributed by atoms with Gasteiger partial charge >= 0.3 is 0 Å². The number of hydrogen-bond acceptors (Lipinski definition) is 2. The first-order valence-electron chi connectivity index (χ1n) is 19.1. The summed E-state index contributed by atoms with van der Waals surface area (Å²) in [6, 6.07) is 55.5. The number of rotatable bonds is 8. The van der Waals surface area contributed by atoms with Gasteiger partial charge in [-0.25, -0.2) is 0 Å². The molecule has 0 amide bonds. The Morgan fingerprint density at radius 1 is 0.593 bits per heavy atom. The van der Waals surface area contributed by atoms with E-state index in [1.165, 1.54) is 73.7 Å². The first kappa shape index (κ1) is 37.6. The number of fused-ring (bicyclic) bond motifs is 7. The number of aryl methyl sites for hydroxylation is 1. The van der Waals surface area contributed by atoms with E-state index in [4.69, 9.17) is 10.5 Å². The topological polar surface area (TPSA) is 35.2 Å². The molecule has 54 heavy (non-hydrogen) atoms. The van der Waals surface area contributed by atoms with Gasteiger partial charge in [-0.05, 0) is 105 Å². The number of unbranched alkanes of at least 4 members (excludes halogenated alkanes) is 1. The fraction of sp³-hybridized carbons (Fsp3) is 0.154. The van der Waals surface area contributed by atoms with E-state index in [1.807, 2.05) is 43.3 Å². The molecule has 2 heteroatoms. The zero-order valence-corrected chi connectivity index (χ0v) is 32.1. The van der Waals surface area contributed by atoms with Crippen LogP contribution in [0, 0.1) is 0 Å². The zero-order valence-electron chi connectivity index (χ0n) is 32.1. The molecule has 2 N–H and O–H groups in total. The van der Waals surface area contributed by atoms with Crippen LogP contribution >= 0.6 is 0 Å². The monoisotopic (exact) mass is 705 g/mol. The Morgan fingerprint density at radius 2 is 1.17 bits per heavy atom. The van der Waals surface area contributed by atoms with Crippen molar-refractivity contribution in [2.45, 2.75) is 46.5 Å². The van der Waals surface area contributed by atoms with E-state index in [9.17, 15) is 0 Å². The Labute approximate surface area is 321 Å². The van der Waals surface area contributed by atoms with Gasteiger partial charge in [-0.1, -0.05) is 178 Å². The summed E-state index contributed by atoms with van der Waals surface area (Å²) in [5.74, 6) is 0.933. The molecule has 0 aliphatic heterocycles. The predicted octanol–water partition coefficient (Wildman–Crippen LogP) is 14.4. The maximum Gasteiger partial charge on any atom is 0.135 e. The van der Waals surface area contributed by atoms with E-state index in [0.717, 1.165) is 40.0 Å². The van der Waals surface area contributed by atoms with Crippen LogP contribution in [0.2, 0.25) is 0 Å². The number of hydrogen-bond donors (Lipinski definition) is 1. The lowest BCUT2D eigenvalue weighted by Crippen LogP contribution is -1.94. The number of methoxy groups -OCH3 is 1. The molecule has 0 heterocycles. The van der Waals surface area contributed by atoms with E-state index in [2.05, 4.69) is 148 Å². The van der Waals surface area contributed by atoms with Crippen LogP contribution in [0.5, 0.6) is 5.75 Å². The number of allylic oxidation sites excluding steroid dienone is 2. The minimum absolute atomic E-state index is 0.869. The second-order valence-corrected chi connectivity index (χ2v) is 13.7. The molecule has 0 aliphatic rings. The van der Waals surface area contributed by atoms with E-state index >= 15 is 0 Å². The third kappa shape index (κ3) is 8.56. The van der Waals surface area contributed by atoms with Crippen LogP contribution in [-0.2, 0) is 6.42 Å². The fourth-order valence-corrected chi connectivity index (χ4v) is 7.08. The van der Waals surface area contributed by atoms with Gasteiger partial charge in [0.25, 0.3) is 0 Å². The van der Waals surface area contributed by atoms with Crippen molar-refractivity contribution in [1.82, 2.24) is 0 Å². The Kier molecular flexibility index (Phi) is 12.6. The Morgan fingerprint density at radius 3 is 1.80 bits per heavy atom. The molecule has 8 aromatic rings. The van der Waals surface area contributed by atoms with Crippen molar-refractivity contribution >= 4 is 54.4 Å². The minimum Gasteiger partial charge on any atom is -0.495 e. The fourth-order valence-electron chi connectivity index (χ4n) is 7.08. The molecule has 0 spiro atoms. The smallest absolute Gasteiger partial charge is 0.135 e. The molecule has 270 valence electrons. The summed E-state index contributed by atoms with van der Waals surface area (Å²) in [5.41, 5.74) is 13.8. The summed E-state index contributed by atoms with van der Waals surface area (Å²) in [5, 5.41) is 9.71. The Balaban J connectivity index is 0.000000193. The average molecular weight is 706 g/mol. The van der Waals surface area contributed by atoms with Crippen molar-refractivity contribution in [3.63, 3.8) is 0 Å². The third-order valence-electron chi connectivity index (χ3n) is 9.88. The molecule has 0 bridgehead atoms. The molecule has 0 radical (unpaired) electrons. The summed E-state index contributed by atoms with van der Waals surface area (Å²) < 4.78 is 6.14. The first-order valence-corrected chi connectivity index (χ1v) is 19.1. The highest BCUT2D eigenvalue weighted by atomic mass is 16.5. The summed E-state index contributed by atoms with van der Waals surface area (Å²) in [4.78, 5) is 0. The van der Waals surface area contributed by atoms with Gasteiger partial charge in [-0.2, -0.15) is 0 Å². The van der Waals surface area contributed by atoms with Crippen LogP contribution in [0.25, 0.3) is 65.5 Å². The number of nitrogens with two attached hydrogens (primary N) is 1. The normalized spacial score (nSPS) is 11.1. The highest BCUT2D eigenvalue weighted by Crippen LogP contribution is 2.44. The molecule has 0 fully saturated rings. The van der Waals surface area contributed by atoms with Crippen molar-refractivity contribution in [2.75, 3.05) is 7.11 Å². The van der Waals surface area contributed by atoms with Gasteiger partial charge in [0.1, 0.15) is 5.75 Å². The summed E-state index contributed by atoms with van der Waals surface area (Å²) >= 11 is 0. The Hall–Kier alpha value is -6.12. The van der Waals surface area contributed by atoms with Crippen LogP contribution in [-0.4, -0.2) is 7.11 Å². The zero-order chi connectivity index (χ0) is 37.9. The van der Waals surface area contributed by atoms with E-state index in [0.29, 0.717) is 0 Å². The second kappa shape index (κ2) is 18.1. The van der Waals surface area contributed by atoms with Crippen LogP contribution < -0.4 is 10.5 Å². The van der Waals surface area contributed by atoms with Gasteiger partial charge in [0.05, 0.1) is 7.11 Å². The summed E-state index contributed by atoms with van der Waals surface area (Å²) in [6.07, 6.45) is 6.84. The highest BCUT2D eigenvalue weighted by molar-refractivity contribution is 6.29. The van der Waals surface area contributed by atoms with Gasteiger partial charge < -0.3 is 10.5 Å². The number of ether oxygens (including phenoxy) is 1. The van der Waals surface area contributed by atoms with Crippen molar-refractivity contribution in [2.24, 2.45) is 5.73 Å². The molecule has 0 atom stereocenters. The average Bonchev–Trinajstić information content (AvgIpc) is 3.23. The van der Waals surface area contributed by atoms with E-state index in [-0.39, 0.29) is 0 Å². The molecule has 0 saturated heterocycles. The Bertz CT molecular complexity index is 2530. The molecule has 0 aromatic heterocycles. The van der Waals surface area contributed by atoms with Crippen molar-refractivity contribution in [1.29, 1.82) is 0 Å². The van der Waals surface area contributed by atoms with Gasteiger partial charge in [-0.3, -0.25) is 0 Å². The molecule has 8 aromatic carbocycles. The first-order chi connectivity index (χ1) is 26.4. The third-order valence-corrected chi connectivity index (χ3v) is 9.88. The van der Waals surface area contributed by atoms with Crippen LogP contribution in [0.1, 0.15) is 56.7 Å². The lowest BCUT2D eigenvalue weighted by atomic mass is 9.90. The maximum atomic E-state index is 6.14. The molecule has 0 aliphatic carbocycles. The predicted molar refractivity (Wildman–Crippen MR) is 237 cm³/mol. The van der Waals surface area contributed by atoms with Crippen LogP contribution in [0.3, 0.4) is 0 Å². The van der Waals surface area contributed by atoms with E-state index < -0.39 is 0 Å². The SMILES string of the molecule is C=C(C)c1cccc(-c2ccc3cc4c5ccccc5c5ccccc5c4c(OC)c3c2)c1.CC/C=C(/N)c1ccccc1.CCCCc1ccccc1. The molecule has 0 saturated carbocycles. The number of benzene rings is 8. The summed E-state index contributed by atoms with van der Waals surface area (Å²) in [7, 11) is 1.78. The van der Waals surface area contributed by atoms with Gasteiger partial charge in [0.15, 0.2) is 0 Å². The van der Waals surface area contributed by atoms with Gasteiger partial charge in [0, 0.05) is 16.5 Å². The molecular formula is C52H51NO. The summed E-state index contributed by atoms with van der Waals surface area (Å²) in [6.45, 7) is 10.5. The molecule has 2 nitrogen and oxygen atoms in total. The van der Waals surface area contributed by atoms with Crippen molar-refractivity contribution < 1.29 is 4.74 Å². The lowest BCUT2D eigenvalue weighted by molar-refractivity contribution is 0.425. The largest absolute Gasteiger partial charge is 0.495 e. The van der Waals surface area contributed by atoms with Crippen molar-refractivity contribution in [3.8, 4) is 16.9 Å². The van der Waals surface area contributed by atoms with Crippen LogP contribution in [0.4, 0.5) is 0 Å². The second-order valence-electron chi connectivity index (χ2n) is 13.7. The molecular weight excluding hydrogens is 655 g/mol. The minimum atomic E-state index is 0.869. The molecule has 8 rings (SSSR count). The lowest BCUT2D eigenvalue weighted by Gasteiger charge is -2.16. The van der Waals surface area contributed by atoms with E-state index in [1.54, 1.807) is 7.11 Å². The van der Waals surface area contributed by atoms with Gasteiger partial charge in [0.2, 0.25) is 0 Å². The standard InChI is InChI=1S/C32H24O.C10H13N.C10H14/c1-20(2)21-9-8-10-22(17-21)23-15-16-24-19-30-27-13-5-4-11-25(27)26-12-6-7-14-28(26)31(30)32(33-3)29(24)18-23;1-2-6-10(11)9-7-4-3-5-8-9;1-2-3-7-10-8-5-4-6-9-10/h4-19H,1H2,2-3H3;3-8H,2,11H2,1H3;4-6,8-9H,2-3,7H2,1H3/b;10-6+;. The molecule has 0 unspecified atom stereocenters. The maximum absolute atomic E-state index is 6.14. The van der Waals surface area contributed by atoms with Crippen molar-refractivity contribution in [3.05, 3.63) is 187 Å². The highest BCUT2D eigenvalue weighted by Gasteiger charge is 2.16.